The van der Waals surface area contributed by atoms with Crippen molar-refractivity contribution in [2.24, 2.45) is 5.92 Å². The van der Waals surface area contributed by atoms with Gasteiger partial charge in [0.2, 0.25) is 5.91 Å². The number of aromatic nitrogens is 2. The number of carbonyl (C=O) groups excluding carboxylic acids is 1. The van der Waals surface area contributed by atoms with E-state index < -0.39 is 0 Å². The SMILES string of the molecule is COc1ccccc1N1CCC(CNc2cc(N3CCN(C)C(=O)C3)ncn2)C1. The third kappa shape index (κ3) is 4.36. The first-order valence-electron chi connectivity index (χ1n) is 10.1. The highest BCUT2D eigenvalue weighted by Crippen LogP contribution is 2.32. The molecule has 8 nitrogen and oxygen atoms in total. The van der Waals surface area contributed by atoms with Crippen LogP contribution >= 0.6 is 0 Å². The molecule has 1 atom stereocenters. The van der Waals surface area contributed by atoms with Crippen molar-refractivity contribution in [1.82, 2.24) is 14.9 Å². The second-order valence-electron chi connectivity index (χ2n) is 7.65. The number of amides is 1. The average molecular weight is 396 g/mol. The van der Waals surface area contributed by atoms with Gasteiger partial charge in [0.1, 0.15) is 23.7 Å². The summed E-state index contributed by atoms with van der Waals surface area (Å²) in [5.41, 5.74) is 1.15. The molecule has 1 unspecified atom stereocenters. The van der Waals surface area contributed by atoms with Crippen LogP contribution in [0.1, 0.15) is 6.42 Å². The van der Waals surface area contributed by atoms with Crippen molar-refractivity contribution in [1.29, 1.82) is 0 Å². The Kier molecular flexibility index (Phi) is 5.69. The predicted molar refractivity (Wildman–Crippen MR) is 114 cm³/mol. The van der Waals surface area contributed by atoms with Gasteiger partial charge in [-0.2, -0.15) is 0 Å². The van der Waals surface area contributed by atoms with Crippen LogP contribution in [0.2, 0.25) is 0 Å². The van der Waals surface area contributed by atoms with Crippen LogP contribution in [-0.2, 0) is 4.79 Å². The van der Waals surface area contributed by atoms with E-state index in [0.717, 1.165) is 55.7 Å². The highest BCUT2D eigenvalue weighted by molar-refractivity contribution is 5.82. The lowest BCUT2D eigenvalue weighted by atomic mass is 10.1. The largest absolute Gasteiger partial charge is 0.495 e. The molecule has 4 rings (SSSR count). The standard InChI is InChI=1S/C21H28N6O2/c1-25-9-10-27(14-21(25)28)20-11-19(23-15-24-20)22-12-16-7-8-26(13-16)17-5-3-4-6-18(17)29-2/h3-6,11,15-16H,7-10,12-14H2,1-2H3,(H,22,23,24). The molecule has 29 heavy (non-hydrogen) atoms. The van der Waals surface area contributed by atoms with Gasteiger partial charge in [0.05, 0.1) is 19.3 Å². The molecule has 0 spiro atoms. The molecule has 2 aliphatic rings. The third-order valence-corrected chi connectivity index (χ3v) is 5.72. The number of anilines is 3. The van der Waals surface area contributed by atoms with Crippen LogP contribution in [-0.4, -0.2) is 74.2 Å². The van der Waals surface area contributed by atoms with Crippen molar-refractivity contribution in [3.8, 4) is 5.75 Å². The van der Waals surface area contributed by atoms with Crippen LogP contribution in [0.5, 0.6) is 5.75 Å². The molecule has 0 aliphatic carbocycles. The van der Waals surface area contributed by atoms with Crippen LogP contribution < -0.4 is 19.9 Å². The van der Waals surface area contributed by atoms with Gasteiger partial charge in [0.25, 0.3) is 0 Å². The molecule has 2 saturated heterocycles. The Morgan fingerprint density at radius 3 is 2.86 bits per heavy atom. The van der Waals surface area contributed by atoms with Crippen molar-refractivity contribution < 1.29 is 9.53 Å². The van der Waals surface area contributed by atoms with E-state index in [4.69, 9.17) is 4.74 Å². The molecule has 154 valence electrons. The molecule has 2 aliphatic heterocycles. The van der Waals surface area contributed by atoms with Crippen LogP contribution in [0.25, 0.3) is 0 Å². The monoisotopic (exact) mass is 396 g/mol. The number of nitrogens with one attached hydrogen (secondary N) is 1. The van der Waals surface area contributed by atoms with E-state index in [1.165, 1.54) is 0 Å². The van der Waals surface area contributed by atoms with Gasteiger partial charge in [-0.3, -0.25) is 4.79 Å². The van der Waals surface area contributed by atoms with Gasteiger partial charge in [0, 0.05) is 45.8 Å². The second kappa shape index (κ2) is 8.55. The maximum Gasteiger partial charge on any atom is 0.241 e. The molecule has 0 saturated carbocycles. The zero-order valence-electron chi connectivity index (χ0n) is 17.0. The van der Waals surface area contributed by atoms with E-state index in [1.54, 1.807) is 18.3 Å². The van der Waals surface area contributed by atoms with E-state index in [2.05, 4.69) is 32.3 Å². The number of nitrogens with zero attached hydrogens (tertiary/aromatic N) is 5. The van der Waals surface area contributed by atoms with Gasteiger partial charge < -0.3 is 24.8 Å². The number of piperazine rings is 1. The minimum atomic E-state index is 0.117. The summed E-state index contributed by atoms with van der Waals surface area (Å²) < 4.78 is 5.50. The Bertz CT molecular complexity index is 861. The lowest BCUT2D eigenvalue weighted by Crippen LogP contribution is -2.48. The summed E-state index contributed by atoms with van der Waals surface area (Å²) in [5.74, 6) is 3.17. The second-order valence-corrected chi connectivity index (χ2v) is 7.65. The molecule has 2 fully saturated rings. The molecule has 1 amide bonds. The quantitative estimate of drug-likeness (QED) is 0.797. The van der Waals surface area contributed by atoms with Crippen molar-refractivity contribution in [2.45, 2.75) is 6.42 Å². The van der Waals surface area contributed by atoms with Crippen LogP contribution in [0.15, 0.2) is 36.7 Å². The molecule has 3 heterocycles. The van der Waals surface area contributed by atoms with Gasteiger partial charge >= 0.3 is 0 Å². The number of benzene rings is 1. The first-order valence-corrected chi connectivity index (χ1v) is 10.1. The van der Waals surface area contributed by atoms with Gasteiger partial charge in [0.15, 0.2) is 0 Å². The molecule has 1 aromatic carbocycles. The van der Waals surface area contributed by atoms with E-state index >= 15 is 0 Å². The molecular formula is C21H28N6O2. The summed E-state index contributed by atoms with van der Waals surface area (Å²) in [6.45, 7) is 4.72. The third-order valence-electron chi connectivity index (χ3n) is 5.72. The van der Waals surface area contributed by atoms with Crippen LogP contribution in [0, 0.1) is 5.92 Å². The summed E-state index contributed by atoms with van der Waals surface area (Å²) in [7, 11) is 3.55. The topological polar surface area (TPSA) is 73.8 Å². The Hall–Kier alpha value is -3.03. The molecule has 0 bridgehead atoms. The van der Waals surface area contributed by atoms with Crippen molar-refractivity contribution >= 4 is 23.2 Å². The molecule has 8 heteroatoms. The molecule has 1 N–H and O–H groups in total. The number of rotatable bonds is 6. The minimum absolute atomic E-state index is 0.117. The number of hydrogen-bond donors (Lipinski definition) is 1. The summed E-state index contributed by atoms with van der Waals surface area (Å²) >= 11 is 0. The zero-order valence-corrected chi connectivity index (χ0v) is 17.0. The number of carbonyl (C=O) groups is 1. The predicted octanol–water partition coefficient (Wildman–Crippen LogP) is 1.70. The Morgan fingerprint density at radius 2 is 2.03 bits per heavy atom. The first-order chi connectivity index (χ1) is 14.1. The lowest BCUT2D eigenvalue weighted by Gasteiger charge is -2.32. The molecule has 0 radical (unpaired) electrons. The van der Waals surface area contributed by atoms with E-state index in [0.29, 0.717) is 19.0 Å². The lowest BCUT2D eigenvalue weighted by molar-refractivity contribution is -0.129. The van der Waals surface area contributed by atoms with E-state index in [9.17, 15) is 4.79 Å². The normalized spacial score (nSPS) is 19.6. The van der Waals surface area contributed by atoms with Crippen molar-refractivity contribution in [3.63, 3.8) is 0 Å². The van der Waals surface area contributed by atoms with Crippen LogP contribution in [0.4, 0.5) is 17.3 Å². The Balaban J connectivity index is 1.34. The highest BCUT2D eigenvalue weighted by atomic mass is 16.5. The Morgan fingerprint density at radius 1 is 1.17 bits per heavy atom. The van der Waals surface area contributed by atoms with Crippen molar-refractivity contribution in [2.75, 3.05) is 68.5 Å². The van der Waals surface area contributed by atoms with Gasteiger partial charge in [-0.25, -0.2) is 9.97 Å². The number of para-hydroxylation sites is 2. The number of methoxy groups -OCH3 is 1. The van der Waals surface area contributed by atoms with Gasteiger partial charge in [-0.1, -0.05) is 12.1 Å². The first kappa shape index (κ1) is 19.3. The van der Waals surface area contributed by atoms with Gasteiger partial charge in [-0.15, -0.1) is 0 Å². The minimum Gasteiger partial charge on any atom is -0.495 e. The average Bonchev–Trinajstić information content (AvgIpc) is 3.23. The fraction of sp³-hybridized carbons (Fsp3) is 0.476. The molecule has 1 aromatic heterocycles. The maximum absolute atomic E-state index is 12.0. The van der Waals surface area contributed by atoms with Crippen molar-refractivity contribution in [3.05, 3.63) is 36.7 Å². The summed E-state index contributed by atoms with van der Waals surface area (Å²) in [5, 5.41) is 3.46. The summed E-state index contributed by atoms with van der Waals surface area (Å²) in [4.78, 5) is 26.8. The summed E-state index contributed by atoms with van der Waals surface area (Å²) in [6, 6.07) is 10.1. The fourth-order valence-electron chi connectivity index (χ4n) is 3.93. The maximum atomic E-state index is 12.0. The van der Waals surface area contributed by atoms with E-state index in [1.807, 2.05) is 30.1 Å². The zero-order chi connectivity index (χ0) is 20.2. The molecule has 2 aromatic rings. The van der Waals surface area contributed by atoms with Gasteiger partial charge in [-0.05, 0) is 24.5 Å². The van der Waals surface area contributed by atoms with Crippen LogP contribution in [0.3, 0.4) is 0 Å². The fourth-order valence-corrected chi connectivity index (χ4v) is 3.93. The Labute approximate surface area is 171 Å². The number of ether oxygens (including phenoxy) is 1. The molecular weight excluding hydrogens is 368 g/mol. The highest BCUT2D eigenvalue weighted by Gasteiger charge is 2.25. The smallest absolute Gasteiger partial charge is 0.241 e. The number of likely N-dealkylation sites (N-methyl/N-ethyl adjacent to an activating group) is 1. The number of hydrogen-bond acceptors (Lipinski definition) is 7. The van der Waals surface area contributed by atoms with E-state index in [-0.39, 0.29) is 5.91 Å². The summed E-state index contributed by atoms with van der Waals surface area (Å²) in [6.07, 6.45) is 2.69.